The van der Waals surface area contributed by atoms with Crippen molar-refractivity contribution in [2.24, 2.45) is 0 Å². The standard InChI is InChI=1S/C8H14ClNO2/c1-4-12-8(11)6-10(3)5-7(2)9/h5H,4,6H2,1-3H3/b7-5+. The van der Waals surface area contributed by atoms with Gasteiger partial charge in [0.1, 0.15) is 6.54 Å². The third-order valence-corrected chi connectivity index (χ3v) is 1.18. The van der Waals surface area contributed by atoms with E-state index in [1.165, 1.54) is 0 Å². The largest absolute Gasteiger partial charge is 0.465 e. The summed E-state index contributed by atoms with van der Waals surface area (Å²) in [5.74, 6) is -0.242. The molecule has 0 amide bonds. The number of nitrogens with zero attached hydrogens (tertiary/aromatic N) is 1. The summed E-state index contributed by atoms with van der Waals surface area (Å²) < 4.78 is 4.74. The molecule has 0 aliphatic carbocycles. The molecule has 0 aromatic rings. The summed E-state index contributed by atoms with van der Waals surface area (Å²) in [7, 11) is 1.77. The first-order valence-electron chi connectivity index (χ1n) is 3.76. The van der Waals surface area contributed by atoms with Crippen LogP contribution in [0.5, 0.6) is 0 Å². The number of esters is 1. The quantitative estimate of drug-likeness (QED) is 0.632. The van der Waals surface area contributed by atoms with E-state index in [4.69, 9.17) is 16.3 Å². The van der Waals surface area contributed by atoms with Crippen LogP contribution in [0, 0.1) is 0 Å². The minimum atomic E-state index is -0.242. The Kier molecular flexibility index (Phi) is 5.54. The highest BCUT2D eigenvalue weighted by Gasteiger charge is 2.03. The molecule has 0 fully saturated rings. The highest BCUT2D eigenvalue weighted by molar-refractivity contribution is 6.29. The van der Waals surface area contributed by atoms with Crippen LogP contribution in [0.1, 0.15) is 13.8 Å². The number of carbonyl (C=O) groups excluding carboxylic acids is 1. The molecule has 0 heterocycles. The lowest BCUT2D eigenvalue weighted by Gasteiger charge is -2.12. The minimum absolute atomic E-state index is 0.234. The summed E-state index contributed by atoms with van der Waals surface area (Å²) in [5.41, 5.74) is 0. The van der Waals surface area contributed by atoms with Crippen molar-refractivity contribution in [2.75, 3.05) is 20.2 Å². The zero-order valence-corrected chi connectivity index (χ0v) is 8.39. The molecule has 0 saturated heterocycles. The number of allylic oxidation sites excluding steroid dienone is 1. The molecule has 0 aromatic heterocycles. The fourth-order valence-corrected chi connectivity index (χ4v) is 0.926. The maximum Gasteiger partial charge on any atom is 0.325 e. The maximum atomic E-state index is 10.9. The number of ether oxygens (including phenoxy) is 1. The van der Waals surface area contributed by atoms with Crippen molar-refractivity contribution in [1.29, 1.82) is 0 Å². The van der Waals surface area contributed by atoms with Gasteiger partial charge in [-0.25, -0.2) is 0 Å². The smallest absolute Gasteiger partial charge is 0.325 e. The fourth-order valence-electron chi connectivity index (χ4n) is 0.760. The number of carbonyl (C=O) groups is 1. The molecule has 0 aliphatic rings. The first-order chi connectivity index (χ1) is 5.56. The van der Waals surface area contributed by atoms with Crippen molar-refractivity contribution in [3.05, 3.63) is 11.2 Å². The van der Waals surface area contributed by atoms with E-state index in [9.17, 15) is 4.79 Å². The molecule has 0 radical (unpaired) electrons. The number of rotatable bonds is 4. The molecule has 70 valence electrons. The van der Waals surface area contributed by atoms with Gasteiger partial charge >= 0.3 is 5.97 Å². The van der Waals surface area contributed by atoms with Crippen molar-refractivity contribution in [1.82, 2.24) is 4.90 Å². The molecular formula is C8H14ClNO2. The second-order valence-corrected chi connectivity index (χ2v) is 3.03. The summed E-state index contributed by atoms with van der Waals surface area (Å²) in [6.45, 7) is 4.18. The predicted molar refractivity (Wildman–Crippen MR) is 48.9 cm³/mol. The van der Waals surface area contributed by atoms with E-state index in [2.05, 4.69) is 0 Å². The van der Waals surface area contributed by atoms with E-state index in [-0.39, 0.29) is 12.5 Å². The Hall–Kier alpha value is -0.700. The van der Waals surface area contributed by atoms with Gasteiger partial charge in [-0.05, 0) is 13.8 Å². The van der Waals surface area contributed by atoms with E-state index >= 15 is 0 Å². The van der Waals surface area contributed by atoms with Gasteiger partial charge in [-0.15, -0.1) is 0 Å². The summed E-state index contributed by atoms with van der Waals surface area (Å²) in [6.07, 6.45) is 1.68. The molecule has 0 saturated carbocycles. The number of likely N-dealkylation sites (N-methyl/N-ethyl adjacent to an activating group) is 1. The average molecular weight is 192 g/mol. The number of hydrogen-bond donors (Lipinski definition) is 0. The lowest BCUT2D eigenvalue weighted by atomic mass is 10.5. The van der Waals surface area contributed by atoms with Crippen LogP contribution in [0.15, 0.2) is 11.2 Å². The Bertz CT molecular complexity index is 176. The van der Waals surface area contributed by atoms with Gasteiger partial charge in [0.25, 0.3) is 0 Å². The van der Waals surface area contributed by atoms with Crippen molar-refractivity contribution < 1.29 is 9.53 Å². The third-order valence-electron chi connectivity index (χ3n) is 1.08. The molecule has 0 spiro atoms. The monoisotopic (exact) mass is 191 g/mol. The van der Waals surface area contributed by atoms with Gasteiger partial charge in [-0.2, -0.15) is 0 Å². The van der Waals surface area contributed by atoms with Gasteiger partial charge in [-0.3, -0.25) is 4.79 Å². The summed E-state index contributed by atoms with van der Waals surface area (Å²) in [6, 6.07) is 0. The fraction of sp³-hybridized carbons (Fsp3) is 0.625. The second kappa shape index (κ2) is 5.89. The molecule has 0 rings (SSSR count). The van der Waals surface area contributed by atoms with Gasteiger partial charge in [0.05, 0.1) is 6.61 Å². The topological polar surface area (TPSA) is 29.5 Å². The van der Waals surface area contributed by atoms with E-state index < -0.39 is 0 Å². The Morgan fingerprint density at radius 1 is 1.67 bits per heavy atom. The van der Waals surface area contributed by atoms with Crippen LogP contribution in [-0.4, -0.2) is 31.1 Å². The summed E-state index contributed by atoms with van der Waals surface area (Å²) in [4.78, 5) is 12.6. The zero-order chi connectivity index (χ0) is 9.56. The van der Waals surface area contributed by atoms with E-state index in [0.29, 0.717) is 11.6 Å². The van der Waals surface area contributed by atoms with Crippen molar-refractivity contribution >= 4 is 17.6 Å². The SMILES string of the molecule is CCOC(=O)CN(C)/C=C(\C)Cl. The molecule has 0 unspecified atom stereocenters. The molecule has 4 heteroatoms. The first-order valence-corrected chi connectivity index (χ1v) is 4.13. The Labute approximate surface area is 77.9 Å². The van der Waals surface area contributed by atoms with Crippen LogP contribution in [0.2, 0.25) is 0 Å². The molecule has 0 aliphatic heterocycles. The van der Waals surface area contributed by atoms with Gasteiger partial charge in [0.15, 0.2) is 0 Å². The molecule has 0 bridgehead atoms. The zero-order valence-electron chi connectivity index (χ0n) is 7.63. The van der Waals surface area contributed by atoms with Gasteiger partial charge in [-0.1, -0.05) is 11.6 Å². The van der Waals surface area contributed by atoms with E-state index in [0.717, 1.165) is 0 Å². The normalized spacial score (nSPS) is 11.2. The van der Waals surface area contributed by atoms with Crippen LogP contribution in [0.3, 0.4) is 0 Å². The van der Waals surface area contributed by atoms with Crippen LogP contribution >= 0.6 is 11.6 Å². The lowest BCUT2D eigenvalue weighted by Crippen LogP contribution is -2.23. The van der Waals surface area contributed by atoms with Gasteiger partial charge in [0, 0.05) is 18.3 Å². The molecule has 0 N–H and O–H groups in total. The maximum absolute atomic E-state index is 10.9. The molecule has 3 nitrogen and oxygen atoms in total. The predicted octanol–water partition coefficient (Wildman–Crippen LogP) is 1.58. The number of halogens is 1. The van der Waals surface area contributed by atoms with Gasteiger partial charge < -0.3 is 9.64 Å². The lowest BCUT2D eigenvalue weighted by molar-refractivity contribution is -0.143. The average Bonchev–Trinajstić information content (AvgIpc) is 1.84. The second-order valence-electron chi connectivity index (χ2n) is 2.44. The van der Waals surface area contributed by atoms with E-state index in [1.807, 2.05) is 0 Å². The van der Waals surface area contributed by atoms with Crippen LogP contribution in [0.4, 0.5) is 0 Å². The number of hydrogen-bond acceptors (Lipinski definition) is 3. The summed E-state index contributed by atoms with van der Waals surface area (Å²) >= 11 is 5.60. The Morgan fingerprint density at radius 3 is 2.67 bits per heavy atom. The van der Waals surface area contributed by atoms with Crippen molar-refractivity contribution in [3.63, 3.8) is 0 Å². The third kappa shape index (κ3) is 6.04. The van der Waals surface area contributed by atoms with Crippen LogP contribution in [0.25, 0.3) is 0 Å². The van der Waals surface area contributed by atoms with Crippen molar-refractivity contribution in [2.45, 2.75) is 13.8 Å². The Morgan fingerprint density at radius 2 is 2.25 bits per heavy atom. The highest BCUT2D eigenvalue weighted by atomic mass is 35.5. The highest BCUT2D eigenvalue weighted by Crippen LogP contribution is 1.99. The van der Waals surface area contributed by atoms with Crippen molar-refractivity contribution in [3.8, 4) is 0 Å². The first kappa shape index (κ1) is 11.3. The molecule has 0 aromatic carbocycles. The molecule has 0 atom stereocenters. The Balaban J connectivity index is 3.76. The summed E-state index contributed by atoms with van der Waals surface area (Å²) in [5, 5.41) is 0.641. The van der Waals surface area contributed by atoms with Crippen LogP contribution < -0.4 is 0 Å². The molecule has 12 heavy (non-hydrogen) atoms. The van der Waals surface area contributed by atoms with E-state index in [1.54, 1.807) is 32.0 Å². The minimum Gasteiger partial charge on any atom is -0.465 e. The van der Waals surface area contributed by atoms with Crippen LogP contribution in [-0.2, 0) is 9.53 Å². The molecular weight excluding hydrogens is 178 g/mol. The van der Waals surface area contributed by atoms with Gasteiger partial charge in [0.2, 0.25) is 0 Å².